The maximum absolute atomic E-state index is 12.8. The van der Waals surface area contributed by atoms with Crippen LogP contribution in [0.3, 0.4) is 0 Å². The minimum Gasteiger partial charge on any atom is -0.465 e. The summed E-state index contributed by atoms with van der Waals surface area (Å²) in [5.41, 5.74) is 1.01. The first-order chi connectivity index (χ1) is 12.8. The van der Waals surface area contributed by atoms with E-state index in [-0.39, 0.29) is 15.5 Å². The standard InChI is InChI=1S/C17H13BrClN3O4S/c1-26-17(23)11-6-7-16(13(19)8-11)27(24,25)21-14-4-2-3-5-15(14)22-10-12(18)9-20-22/h2-10,21H,1H3. The van der Waals surface area contributed by atoms with Crippen molar-refractivity contribution in [2.75, 3.05) is 11.8 Å². The molecule has 27 heavy (non-hydrogen) atoms. The van der Waals surface area contributed by atoms with Gasteiger partial charge in [0.25, 0.3) is 10.0 Å². The van der Waals surface area contributed by atoms with E-state index in [0.717, 1.165) is 4.47 Å². The van der Waals surface area contributed by atoms with Crippen LogP contribution in [0.1, 0.15) is 10.4 Å². The van der Waals surface area contributed by atoms with E-state index < -0.39 is 16.0 Å². The summed E-state index contributed by atoms with van der Waals surface area (Å²) in [4.78, 5) is 11.4. The van der Waals surface area contributed by atoms with Crippen LogP contribution in [0.4, 0.5) is 5.69 Å². The molecule has 0 bridgehead atoms. The number of aromatic nitrogens is 2. The number of ether oxygens (including phenoxy) is 1. The Hall–Kier alpha value is -2.36. The highest BCUT2D eigenvalue weighted by Gasteiger charge is 2.21. The van der Waals surface area contributed by atoms with Crippen molar-refractivity contribution in [3.05, 3.63) is 69.9 Å². The molecule has 3 rings (SSSR count). The molecule has 0 amide bonds. The number of methoxy groups -OCH3 is 1. The molecule has 3 aromatic rings. The lowest BCUT2D eigenvalue weighted by Gasteiger charge is -2.13. The van der Waals surface area contributed by atoms with Gasteiger partial charge in [-0.25, -0.2) is 17.9 Å². The van der Waals surface area contributed by atoms with E-state index in [9.17, 15) is 13.2 Å². The second-order valence-corrected chi connectivity index (χ2v) is 8.34. The van der Waals surface area contributed by atoms with Gasteiger partial charge in [0.1, 0.15) is 4.90 Å². The van der Waals surface area contributed by atoms with Gasteiger partial charge < -0.3 is 4.74 Å². The van der Waals surface area contributed by atoms with Crippen molar-refractivity contribution >= 4 is 49.2 Å². The van der Waals surface area contributed by atoms with E-state index in [4.69, 9.17) is 11.6 Å². The van der Waals surface area contributed by atoms with E-state index >= 15 is 0 Å². The van der Waals surface area contributed by atoms with Crippen LogP contribution in [-0.4, -0.2) is 31.3 Å². The van der Waals surface area contributed by atoms with E-state index in [1.54, 1.807) is 36.7 Å². The summed E-state index contributed by atoms with van der Waals surface area (Å²) < 4.78 is 35.0. The van der Waals surface area contributed by atoms with Gasteiger partial charge in [0.05, 0.1) is 39.7 Å². The van der Waals surface area contributed by atoms with Gasteiger partial charge in [-0.15, -0.1) is 0 Å². The largest absolute Gasteiger partial charge is 0.465 e. The number of rotatable bonds is 5. The van der Waals surface area contributed by atoms with Crippen LogP contribution in [0.15, 0.2) is 64.2 Å². The number of esters is 1. The maximum Gasteiger partial charge on any atom is 0.337 e. The molecule has 1 N–H and O–H groups in total. The molecule has 2 aromatic carbocycles. The number of benzene rings is 2. The van der Waals surface area contributed by atoms with Gasteiger partial charge in [-0.2, -0.15) is 5.10 Å². The molecule has 0 aliphatic rings. The van der Waals surface area contributed by atoms with Crippen molar-refractivity contribution in [2.24, 2.45) is 0 Å². The van der Waals surface area contributed by atoms with Gasteiger partial charge in [-0.1, -0.05) is 23.7 Å². The number of sulfonamides is 1. The average molecular weight is 471 g/mol. The van der Waals surface area contributed by atoms with Crippen LogP contribution >= 0.6 is 27.5 Å². The lowest BCUT2D eigenvalue weighted by molar-refractivity contribution is 0.0600. The number of hydrogen-bond donors (Lipinski definition) is 1. The fourth-order valence-corrected chi connectivity index (χ4v) is 4.26. The smallest absolute Gasteiger partial charge is 0.337 e. The third kappa shape index (κ3) is 4.15. The van der Waals surface area contributed by atoms with Crippen LogP contribution in [0.2, 0.25) is 5.02 Å². The summed E-state index contributed by atoms with van der Waals surface area (Å²) in [6.07, 6.45) is 3.29. The molecule has 0 radical (unpaired) electrons. The quantitative estimate of drug-likeness (QED) is 0.572. The Morgan fingerprint density at radius 2 is 2.00 bits per heavy atom. The Morgan fingerprint density at radius 3 is 2.63 bits per heavy atom. The van der Waals surface area contributed by atoms with Gasteiger partial charge in [0.2, 0.25) is 0 Å². The number of halogens is 2. The number of anilines is 1. The van der Waals surface area contributed by atoms with Crippen molar-refractivity contribution < 1.29 is 17.9 Å². The summed E-state index contributed by atoms with van der Waals surface area (Å²) in [7, 11) is -2.77. The number of hydrogen-bond acceptors (Lipinski definition) is 5. The minimum atomic E-state index is -4.00. The van der Waals surface area contributed by atoms with Gasteiger partial charge >= 0.3 is 5.97 Å². The van der Waals surface area contributed by atoms with Crippen LogP contribution in [-0.2, 0) is 14.8 Å². The van der Waals surface area contributed by atoms with Crippen molar-refractivity contribution in [3.8, 4) is 5.69 Å². The summed E-state index contributed by atoms with van der Waals surface area (Å²) >= 11 is 9.40. The normalized spacial score (nSPS) is 11.2. The van der Waals surface area contributed by atoms with Crippen molar-refractivity contribution in [2.45, 2.75) is 4.90 Å². The van der Waals surface area contributed by atoms with Crippen LogP contribution in [0.25, 0.3) is 5.69 Å². The van der Waals surface area contributed by atoms with E-state index in [1.807, 2.05) is 0 Å². The SMILES string of the molecule is COC(=O)c1ccc(S(=O)(=O)Nc2ccccc2-n2cc(Br)cn2)c(Cl)c1. The van der Waals surface area contributed by atoms with Crippen molar-refractivity contribution in [1.82, 2.24) is 9.78 Å². The second-order valence-electron chi connectivity index (χ2n) is 5.36. The Kier molecular flexibility index (Phi) is 5.54. The van der Waals surface area contributed by atoms with Gasteiger partial charge in [0.15, 0.2) is 0 Å². The second kappa shape index (κ2) is 7.71. The van der Waals surface area contributed by atoms with Crippen LogP contribution in [0.5, 0.6) is 0 Å². The summed E-state index contributed by atoms with van der Waals surface area (Å²) in [5, 5.41) is 4.07. The minimum absolute atomic E-state index is 0.0929. The Balaban J connectivity index is 1.98. The summed E-state index contributed by atoms with van der Waals surface area (Å²) in [6.45, 7) is 0. The summed E-state index contributed by atoms with van der Waals surface area (Å²) in [5.74, 6) is -0.608. The lowest BCUT2D eigenvalue weighted by atomic mass is 10.2. The van der Waals surface area contributed by atoms with Gasteiger partial charge in [-0.05, 0) is 46.3 Å². The highest BCUT2D eigenvalue weighted by molar-refractivity contribution is 9.10. The number of carbonyl (C=O) groups excluding carboxylic acids is 1. The molecule has 0 aliphatic heterocycles. The number of para-hydroxylation sites is 2. The zero-order chi connectivity index (χ0) is 19.6. The zero-order valence-corrected chi connectivity index (χ0v) is 17.0. The summed E-state index contributed by atoms with van der Waals surface area (Å²) in [6, 6.07) is 10.6. The van der Waals surface area contributed by atoms with E-state index in [1.165, 1.54) is 30.0 Å². The molecular formula is C17H13BrClN3O4S. The molecule has 1 aromatic heterocycles. The third-order valence-corrected chi connectivity index (χ3v) is 5.85. The predicted octanol–water partition coefficient (Wildman–Crippen LogP) is 3.88. The van der Waals surface area contributed by atoms with Crippen LogP contribution < -0.4 is 4.72 Å². The molecule has 10 heteroatoms. The number of nitrogens with one attached hydrogen (secondary N) is 1. The molecule has 0 saturated heterocycles. The molecule has 7 nitrogen and oxygen atoms in total. The fraction of sp³-hybridized carbons (Fsp3) is 0.0588. The van der Waals surface area contributed by atoms with Crippen molar-refractivity contribution in [1.29, 1.82) is 0 Å². The first-order valence-corrected chi connectivity index (χ1v) is 10.2. The maximum atomic E-state index is 12.8. The molecule has 0 spiro atoms. The first kappa shape index (κ1) is 19.4. The molecule has 0 saturated carbocycles. The van der Waals surface area contributed by atoms with Gasteiger partial charge in [0, 0.05) is 6.20 Å². The molecule has 0 fully saturated rings. The van der Waals surface area contributed by atoms with E-state index in [2.05, 4.69) is 30.5 Å². The van der Waals surface area contributed by atoms with Crippen LogP contribution in [0, 0.1) is 0 Å². The Bertz CT molecular complexity index is 1110. The van der Waals surface area contributed by atoms with Crippen molar-refractivity contribution in [3.63, 3.8) is 0 Å². The zero-order valence-electron chi connectivity index (χ0n) is 13.9. The monoisotopic (exact) mass is 469 g/mol. The van der Waals surface area contributed by atoms with Gasteiger partial charge in [-0.3, -0.25) is 4.72 Å². The molecule has 0 aliphatic carbocycles. The third-order valence-electron chi connectivity index (χ3n) is 3.59. The fourth-order valence-electron chi connectivity index (χ4n) is 2.36. The molecule has 140 valence electrons. The van der Waals surface area contributed by atoms with E-state index in [0.29, 0.717) is 11.4 Å². The average Bonchev–Trinajstić information content (AvgIpc) is 3.07. The Morgan fingerprint density at radius 1 is 1.26 bits per heavy atom. The molecular weight excluding hydrogens is 458 g/mol. The highest BCUT2D eigenvalue weighted by Crippen LogP contribution is 2.28. The molecule has 0 atom stereocenters. The Labute approximate surface area is 169 Å². The topological polar surface area (TPSA) is 90.3 Å². The first-order valence-electron chi connectivity index (χ1n) is 7.52. The number of carbonyl (C=O) groups is 1. The highest BCUT2D eigenvalue weighted by atomic mass is 79.9. The molecule has 0 unspecified atom stereocenters. The lowest BCUT2D eigenvalue weighted by Crippen LogP contribution is -2.15. The predicted molar refractivity (Wildman–Crippen MR) is 105 cm³/mol. The molecule has 1 heterocycles. The number of nitrogens with zero attached hydrogens (tertiary/aromatic N) is 2.